The summed E-state index contributed by atoms with van der Waals surface area (Å²) in [5.74, 6) is 0.700. The fraction of sp³-hybridized carbons (Fsp3) is 0.500. The molecule has 1 unspecified atom stereocenters. The molecule has 2 aromatic heterocycles. The summed E-state index contributed by atoms with van der Waals surface area (Å²) in [7, 11) is 0. The van der Waals surface area contributed by atoms with Crippen LogP contribution < -0.4 is 5.32 Å². The van der Waals surface area contributed by atoms with Gasteiger partial charge in [0, 0.05) is 30.8 Å². The van der Waals surface area contributed by atoms with E-state index < -0.39 is 0 Å². The molecule has 0 bridgehead atoms. The van der Waals surface area contributed by atoms with Gasteiger partial charge in [-0.25, -0.2) is 4.68 Å². The van der Waals surface area contributed by atoms with Gasteiger partial charge >= 0.3 is 0 Å². The van der Waals surface area contributed by atoms with Crippen LogP contribution in [0.2, 0.25) is 0 Å². The van der Waals surface area contributed by atoms with Crippen molar-refractivity contribution in [2.75, 3.05) is 0 Å². The zero-order chi connectivity index (χ0) is 15.2. The predicted molar refractivity (Wildman–Crippen MR) is 77.5 cm³/mol. The standard InChI is InChI=1S/C14H20N6O/c1-10-5-4-7-15-13(10)9-11(2)16-14(21)6-8-20-12(3)17-18-19-20/h4-5,7,11H,6,8-9H2,1-3H3,(H,16,21). The summed E-state index contributed by atoms with van der Waals surface area (Å²) in [6.07, 6.45) is 2.86. The molecule has 1 amide bonds. The number of nitrogens with zero attached hydrogens (tertiary/aromatic N) is 5. The Kier molecular flexibility index (Phi) is 4.97. The molecular weight excluding hydrogens is 268 g/mol. The third-order valence-electron chi connectivity index (χ3n) is 3.29. The molecule has 0 spiro atoms. The first kappa shape index (κ1) is 15.1. The monoisotopic (exact) mass is 288 g/mol. The topological polar surface area (TPSA) is 85.6 Å². The number of nitrogens with one attached hydrogen (secondary N) is 1. The van der Waals surface area contributed by atoms with Crippen molar-refractivity contribution in [3.63, 3.8) is 0 Å². The Bertz CT molecular complexity index is 609. The second-order valence-corrected chi connectivity index (χ2v) is 5.14. The van der Waals surface area contributed by atoms with Crippen molar-refractivity contribution in [3.05, 3.63) is 35.4 Å². The van der Waals surface area contributed by atoms with Crippen LogP contribution in [0, 0.1) is 13.8 Å². The highest BCUT2D eigenvalue weighted by Crippen LogP contribution is 2.06. The quantitative estimate of drug-likeness (QED) is 0.850. The first-order chi connectivity index (χ1) is 10.1. The minimum absolute atomic E-state index is 0.00835. The van der Waals surface area contributed by atoms with Crippen molar-refractivity contribution in [1.82, 2.24) is 30.5 Å². The fourth-order valence-corrected chi connectivity index (χ4v) is 2.08. The molecule has 7 nitrogen and oxygen atoms in total. The number of hydrogen-bond acceptors (Lipinski definition) is 5. The number of carbonyl (C=O) groups excluding carboxylic acids is 1. The van der Waals surface area contributed by atoms with Gasteiger partial charge in [0.1, 0.15) is 5.82 Å². The van der Waals surface area contributed by atoms with E-state index in [1.807, 2.05) is 32.9 Å². The first-order valence-corrected chi connectivity index (χ1v) is 6.99. The number of amides is 1. The van der Waals surface area contributed by atoms with Gasteiger partial charge in [-0.15, -0.1) is 5.10 Å². The highest BCUT2D eigenvalue weighted by molar-refractivity contribution is 5.76. The summed E-state index contributed by atoms with van der Waals surface area (Å²) >= 11 is 0. The van der Waals surface area contributed by atoms with Gasteiger partial charge in [-0.3, -0.25) is 9.78 Å². The maximum atomic E-state index is 11.9. The molecule has 7 heteroatoms. The lowest BCUT2D eigenvalue weighted by atomic mass is 10.1. The number of aryl methyl sites for hydroxylation is 3. The van der Waals surface area contributed by atoms with Gasteiger partial charge in [-0.1, -0.05) is 6.07 Å². The fourth-order valence-electron chi connectivity index (χ4n) is 2.08. The number of aromatic nitrogens is 5. The van der Waals surface area contributed by atoms with E-state index in [4.69, 9.17) is 0 Å². The third kappa shape index (κ3) is 4.34. The number of hydrogen-bond donors (Lipinski definition) is 1. The smallest absolute Gasteiger partial charge is 0.222 e. The van der Waals surface area contributed by atoms with E-state index in [-0.39, 0.29) is 11.9 Å². The molecule has 2 rings (SSSR count). The van der Waals surface area contributed by atoms with Crippen molar-refractivity contribution < 1.29 is 4.79 Å². The van der Waals surface area contributed by atoms with Crippen LogP contribution in [0.4, 0.5) is 0 Å². The van der Waals surface area contributed by atoms with Crippen molar-refractivity contribution in [3.8, 4) is 0 Å². The molecule has 21 heavy (non-hydrogen) atoms. The van der Waals surface area contributed by atoms with Crippen LogP contribution in [0.1, 0.15) is 30.4 Å². The highest BCUT2D eigenvalue weighted by Gasteiger charge is 2.11. The van der Waals surface area contributed by atoms with E-state index in [0.717, 1.165) is 17.7 Å². The molecule has 0 radical (unpaired) electrons. The Labute approximate surface area is 123 Å². The van der Waals surface area contributed by atoms with Crippen LogP contribution in [0.3, 0.4) is 0 Å². The molecule has 0 saturated heterocycles. The van der Waals surface area contributed by atoms with Gasteiger partial charge in [0.25, 0.3) is 0 Å². The maximum absolute atomic E-state index is 11.9. The molecular formula is C14H20N6O. The minimum atomic E-state index is -0.00835. The second-order valence-electron chi connectivity index (χ2n) is 5.14. The first-order valence-electron chi connectivity index (χ1n) is 6.99. The van der Waals surface area contributed by atoms with E-state index in [2.05, 4.69) is 25.8 Å². The average Bonchev–Trinajstić information content (AvgIpc) is 2.84. The lowest BCUT2D eigenvalue weighted by Gasteiger charge is -2.14. The molecule has 1 atom stereocenters. The van der Waals surface area contributed by atoms with Gasteiger partial charge in [-0.05, 0) is 42.8 Å². The molecule has 0 fully saturated rings. The Morgan fingerprint density at radius 3 is 2.90 bits per heavy atom. The van der Waals surface area contributed by atoms with Crippen molar-refractivity contribution >= 4 is 5.91 Å². The summed E-state index contributed by atoms with van der Waals surface area (Å²) in [6, 6.07) is 3.98. The van der Waals surface area contributed by atoms with Crippen LogP contribution >= 0.6 is 0 Å². The number of pyridine rings is 1. The van der Waals surface area contributed by atoms with Gasteiger partial charge < -0.3 is 5.32 Å². The lowest BCUT2D eigenvalue weighted by molar-refractivity contribution is -0.121. The van der Waals surface area contributed by atoms with Crippen molar-refractivity contribution in [2.45, 2.75) is 46.2 Å². The molecule has 0 aliphatic carbocycles. The van der Waals surface area contributed by atoms with Crippen LogP contribution in [0.15, 0.2) is 18.3 Å². The molecule has 112 valence electrons. The highest BCUT2D eigenvalue weighted by atomic mass is 16.1. The average molecular weight is 288 g/mol. The summed E-state index contributed by atoms with van der Waals surface area (Å²) in [6.45, 7) is 6.30. The van der Waals surface area contributed by atoms with E-state index in [9.17, 15) is 4.79 Å². The second kappa shape index (κ2) is 6.92. The normalized spacial score (nSPS) is 12.1. The van der Waals surface area contributed by atoms with Crippen LogP contribution in [-0.4, -0.2) is 37.1 Å². The molecule has 0 aromatic carbocycles. The lowest BCUT2D eigenvalue weighted by Crippen LogP contribution is -2.35. The molecule has 1 N–H and O–H groups in total. The number of carbonyl (C=O) groups is 1. The Morgan fingerprint density at radius 2 is 2.24 bits per heavy atom. The van der Waals surface area contributed by atoms with Gasteiger partial charge in [-0.2, -0.15) is 0 Å². The Balaban J connectivity index is 1.80. The summed E-state index contributed by atoms with van der Waals surface area (Å²) < 4.78 is 1.62. The van der Waals surface area contributed by atoms with Crippen molar-refractivity contribution in [1.29, 1.82) is 0 Å². The predicted octanol–water partition coefficient (Wildman–Crippen LogP) is 0.822. The molecule has 2 heterocycles. The van der Waals surface area contributed by atoms with E-state index in [1.165, 1.54) is 0 Å². The Hall–Kier alpha value is -2.31. The number of rotatable bonds is 6. The Morgan fingerprint density at radius 1 is 1.43 bits per heavy atom. The van der Waals surface area contributed by atoms with Gasteiger partial charge in [0.15, 0.2) is 0 Å². The van der Waals surface area contributed by atoms with Crippen LogP contribution in [0.25, 0.3) is 0 Å². The van der Waals surface area contributed by atoms with E-state index in [0.29, 0.717) is 18.8 Å². The zero-order valence-corrected chi connectivity index (χ0v) is 12.6. The minimum Gasteiger partial charge on any atom is -0.353 e. The van der Waals surface area contributed by atoms with Gasteiger partial charge in [0.05, 0.1) is 6.54 Å². The molecule has 0 aliphatic rings. The summed E-state index contributed by atoms with van der Waals surface area (Å²) in [5.41, 5.74) is 2.16. The SMILES string of the molecule is Cc1cccnc1CC(C)NC(=O)CCn1nnnc1C. The molecule has 0 saturated carbocycles. The van der Waals surface area contributed by atoms with Crippen molar-refractivity contribution in [2.24, 2.45) is 0 Å². The van der Waals surface area contributed by atoms with E-state index >= 15 is 0 Å². The summed E-state index contributed by atoms with van der Waals surface area (Å²) in [4.78, 5) is 16.3. The zero-order valence-electron chi connectivity index (χ0n) is 12.6. The number of tetrazole rings is 1. The largest absolute Gasteiger partial charge is 0.353 e. The van der Waals surface area contributed by atoms with Crippen LogP contribution in [0.5, 0.6) is 0 Å². The molecule has 0 aliphatic heterocycles. The maximum Gasteiger partial charge on any atom is 0.222 e. The third-order valence-corrected chi connectivity index (χ3v) is 3.29. The molecule has 2 aromatic rings. The van der Waals surface area contributed by atoms with Gasteiger partial charge in [0.2, 0.25) is 5.91 Å². The summed E-state index contributed by atoms with van der Waals surface area (Å²) in [5, 5.41) is 14.1. The van der Waals surface area contributed by atoms with E-state index in [1.54, 1.807) is 10.9 Å². The van der Waals surface area contributed by atoms with Crippen LogP contribution in [-0.2, 0) is 17.8 Å².